The summed E-state index contributed by atoms with van der Waals surface area (Å²) in [5, 5.41) is 8.34. The van der Waals surface area contributed by atoms with Crippen LogP contribution in [0.2, 0.25) is 0 Å². The molecule has 0 unspecified atom stereocenters. The van der Waals surface area contributed by atoms with Crippen LogP contribution in [0.4, 0.5) is 11.5 Å². The molecule has 1 amide bonds. The summed E-state index contributed by atoms with van der Waals surface area (Å²) in [5.41, 5.74) is 2.00. The number of carbonyl (C=O) groups is 1. The van der Waals surface area contributed by atoms with Crippen molar-refractivity contribution >= 4 is 28.7 Å². The van der Waals surface area contributed by atoms with Gasteiger partial charge in [0, 0.05) is 31.9 Å². The number of hydrogen-bond acceptors (Lipinski definition) is 5. The summed E-state index contributed by atoms with van der Waals surface area (Å²) < 4.78 is 0. The Morgan fingerprint density at radius 1 is 1.35 bits per heavy atom. The molecule has 0 bridgehead atoms. The Bertz CT molecular complexity index is 648. The summed E-state index contributed by atoms with van der Waals surface area (Å²) in [6.07, 6.45) is 0.955. The van der Waals surface area contributed by atoms with Gasteiger partial charge in [-0.25, -0.2) is 0 Å². The molecule has 2 aromatic rings. The van der Waals surface area contributed by atoms with E-state index in [0.717, 1.165) is 35.0 Å². The van der Waals surface area contributed by atoms with Crippen LogP contribution in [-0.2, 0) is 6.42 Å². The number of aryl methyl sites for hydroxylation is 1. The number of rotatable bonds is 2. The van der Waals surface area contributed by atoms with Gasteiger partial charge in [0.15, 0.2) is 5.82 Å². The van der Waals surface area contributed by atoms with Gasteiger partial charge in [-0.2, -0.15) is 5.10 Å². The van der Waals surface area contributed by atoms with E-state index in [1.165, 1.54) is 4.88 Å². The Kier molecular flexibility index (Phi) is 3.17. The maximum absolute atomic E-state index is 12.0. The molecule has 1 aliphatic rings. The predicted octanol–water partition coefficient (Wildman–Crippen LogP) is 2.24. The highest BCUT2D eigenvalue weighted by atomic mass is 32.1. The third-order valence-corrected chi connectivity index (χ3v) is 4.49. The van der Waals surface area contributed by atoms with Crippen molar-refractivity contribution in [2.45, 2.75) is 13.3 Å². The van der Waals surface area contributed by atoms with Gasteiger partial charge in [-0.05, 0) is 25.1 Å². The second kappa shape index (κ2) is 4.86. The molecule has 0 fully saturated rings. The van der Waals surface area contributed by atoms with Crippen LogP contribution in [0.5, 0.6) is 0 Å². The van der Waals surface area contributed by atoms with Crippen LogP contribution in [0, 0.1) is 6.92 Å². The monoisotopic (exact) mass is 288 g/mol. The van der Waals surface area contributed by atoms with Gasteiger partial charge < -0.3 is 9.80 Å². The minimum atomic E-state index is 0.0549. The third kappa shape index (κ3) is 2.16. The highest BCUT2D eigenvalue weighted by Crippen LogP contribution is 2.39. The number of aromatic nitrogens is 2. The maximum Gasteiger partial charge on any atom is 0.263 e. The van der Waals surface area contributed by atoms with Crippen molar-refractivity contribution in [3.05, 3.63) is 33.6 Å². The zero-order valence-corrected chi connectivity index (χ0v) is 12.6. The lowest BCUT2D eigenvalue weighted by Crippen LogP contribution is -2.21. The fourth-order valence-electron chi connectivity index (χ4n) is 2.26. The van der Waals surface area contributed by atoms with Crippen molar-refractivity contribution in [3.8, 4) is 0 Å². The summed E-state index contributed by atoms with van der Waals surface area (Å²) in [6.45, 7) is 2.82. The fraction of sp³-hybridized carbons (Fsp3) is 0.357. The second-order valence-electron chi connectivity index (χ2n) is 5.05. The van der Waals surface area contributed by atoms with E-state index < -0.39 is 0 Å². The molecule has 5 nitrogen and oxygen atoms in total. The summed E-state index contributed by atoms with van der Waals surface area (Å²) >= 11 is 1.58. The number of fused-ring (bicyclic) bond motifs is 1. The molecule has 0 atom stereocenters. The topological polar surface area (TPSA) is 49.3 Å². The smallest absolute Gasteiger partial charge is 0.263 e. The van der Waals surface area contributed by atoms with E-state index in [9.17, 15) is 4.79 Å². The first-order valence-electron chi connectivity index (χ1n) is 6.48. The highest BCUT2D eigenvalue weighted by Gasteiger charge is 2.26. The van der Waals surface area contributed by atoms with Crippen LogP contribution in [0.25, 0.3) is 0 Å². The Hall–Kier alpha value is -1.95. The van der Waals surface area contributed by atoms with E-state index in [-0.39, 0.29) is 5.91 Å². The molecular weight excluding hydrogens is 272 g/mol. The van der Waals surface area contributed by atoms with Crippen molar-refractivity contribution in [1.29, 1.82) is 0 Å². The molecule has 0 radical (unpaired) electrons. The van der Waals surface area contributed by atoms with Gasteiger partial charge in [-0.3, -0.25) is 4.79 Å². The number of hydrogen-bond donors (Lipinski definition) is 0. The van der Waals surface area contributed by atoms with E-state index in [2.05, 4.69) is 15.1 Å². The van der Waals surface area contributed by atoms with Gasteiger partial charge >= 0.3 is 0 Å². The lowest BCUT2D eigenvalue weighted by molar-refractivity contribution is 0.0832. The predicted molar refractivity (Wildman–Crippen MR) is 79.8 cm³/mol. The van der Waals surface area contributed by atoms with Gasteiger partial charge in [0.1, 0.15) is 0 Å². The van der Waals surface area contributed by atoms with E-state index in [0.29, 0.717) is 0 Å². The summed E-state index contributed by atoms with van der Waals surface area (Å²) in [5.74, 6) is 0.898. The average molecular weight is 288 g/mol. The molecule has 0 N–H and O–H groups in total. The molecule has 2 aromatic heterocycles. The van der Waals surface area contributed by atoms with Crippen molar-refractivity contribution in [2.24, 2.45) is 0 Å². The van der Waals surface area contributed by atoms with Gasteiger partial charge in [-0.15, -0.1) is 16.4 Å². The van der Waals surface area contributed by atoms with E-state index in [1.54, 1.807) is 30.3 Å². The molecule has 104 valence electrons. The minimum absolute atomic E-state index is 0.0549. The van der Waals surface area contributed by atoms with Gasteiger partial charge in [0.25, 0.3) is 5.91 Å². The first-order chi connectivity index (χ1) is 9.56. The molecule has 0 aliphatic carbocycles. The molecule has 1 aliphatic heterocycles. The van der Waals surface area contributed by atoms with Crippen LogP contribution in [-0.4, -0.2) is 41.6 Å². The number of anilines is 2. The van der Waals surface area contributed by atoms with Crippen molar-refractivity contribution in [2.75, 3.05) is 25.5 Å². The average Bonchev–Trinajstić information content (AvgIpc) is 2.98. The largest absolute Gasteiger partial charge is 0.344 e. The quantitative estimate of drug-likeness (QED) is 0.850. The van der Waals surface area contributed by atoms with Gasteiger partial charge in [0.05, 0.1) is 16.3 Å². The number of thiophene rings is 1. The maximum atomic E-state index is 12.0. The first-order valence-corrected chi connectivity index (χ1v) is 7.30. The molecular formula is C14H16N4OS. The lowest BCUT2D eigenvalue weighted by Gasteiger charge is -2.16. The molecule has 0 spiro atoms. The normalized spacial score (nSPS) is 13.4. The molecule has 0 saturated carbocycles. The van der Waals surface area contributed by atoms with Crippen LogP contribution < -0.4 is 4.90 Å². The van der Waals surface area contributed by atoms with Crippen LogP contribution >= 0.6 is 11.3 Å². The van der Waals surface area contributed by atoms with E-state index in [1.807, 2.05) is 25.1 Å². The minimum Gasteiger partial charge on any atom is -0.344 e. The molecule has 6 heteroatoms. The Labute approximate surface area is 121 Å². The SMILES string of the molecule is Cc1ccc(N2CCc3sc(C(=O)N(C)C)cc32)nn1. The number of nitrogens with zero attached hydrogens (tertiary/aromatic N) is 4. The van der Waals surface area contributed by atoms with Crippen molar-refractivity contribution in [1.82, 2.24) is 15.1 Å². The second-order valence-corrected chi connectivity index (χ2v) is 6.19. The Balaban J connectivity index is 1.93. The Morgan fingerprint density at radius 3 is 2.80 bits per heavy atom. The number of carbonyl (C=O) groups excluding carboxylic acids is 1. The first kappa shape index (κ1) is 13.1. The summed E-state index contributed by atoms with van der Waals surface area (Å²) in [4.78, 5) is 17.8. The molecule has 0 aromatic carbocycles. The zero-order valence-electron chi connectivity index (χ0n) is 11.8. The zero-order chi connectivity index (χ0) is 14.3. The van der Waals surface area contributed by atoms with E-state index in [4.69, 9.17) is 0 Å². The van der Waals surface area contributed by atoms with Crippen molar-refractivity contribution in [3.63, 3.8) is 0 Å². The molecule has 0 saturated heterocycles. The fourth-order valence-corrected chi connectivity index (χ4v) is 3.43. The lowest BCUT2D eigenvalue weighted by atomic mass is 10.3. The van der Waals surface area contributed by atoms with Crippen LogP contribution in [0.3, 0.4) is 0 Å². The Morgan fingerprint density at radius 2 is 2.15 bits per heavy atom. The summed E-state index contributed by atoms with van der Waals surface area (Å²) in [6, 6.07) is 5.90. The van der Waals surface area contributed by atoms with Crippen molar-refractivity contribution < 1.29 is 4.79 Å². The third-order valence-electron chi connectivity index (χ3n) is 3.32. The number of amides is 1. The van der Waals surface area contributed by atoms with Crippen LogP contribution in [0.1, 0.15) is 20.2 Å². The van der Waals surface area contributed by atoms with Gasteiger partial charge in [-0.1, -0.05) is 0 Å². The molecule has 20 heavy (non-hydrogen) atoms. The highest BCUT2D eigenvalue weighted by molar-refractivity contribution is 7.14. The van der Waals surface area contributed by atoms with E-state index >= 15 is 0 Å². The van der Waals surface area contributed by atoms with Gasteiger partial charge in [0.2, 0.25) is 0 Å². The standard InChI is InChI=1S/C14H16N4OS/c1-9-4-5-13(16-15-9)18-7-6-11-10(18)8-12(20-11)14(19)17(2)3/h4-5,8H,6-7H2,1-3H3. The van der Waals surface area contributed by atoms with Crippen LogP contribution in [0.15, 0.2) is 18.2 Å². The molecule has 3 rings (SSSR count). The summed E-state index contributed by atoms with van der Waals surface area (Å²) in [7, 11) is 3.55. The molecule has 3 heterocycles.